The van der Waals surface area contributed by atoms with Crippen LogP contribution in [0.5, 0.6) is 5.75 Å². The second kappa shape index (κ2) is 15.3. The number of alkyl halides is 3. The molecule has 3 aliphatic rings. The third kappa shape index (κ3) is 8.13. The number of carbonyl (C=O) groups is 1. The fourth-order valence-corrected chi connectivity index (χ4v) is 7.73. The van der Waals surface area contributed by atoms with Gasteiger partial charge < -0.3 is 25.2 Å². The molecule has 6 rings (SSSR count). The number of β-amino-alcohol motifs (C(OH)–C–C–N with tert-alkyl or cyclic N) is 1. The van der Waals surface area contributed by atoms with Gasteiger partial charge in [0.2, 0.25) is 0 Å². The Labute approximate surface area is 289 Å². The van der Waals surface area contributed by atoms with Crippen LogP contribution < -0.4 is 15.0 Å². The number of para-hydroxylation sites is 1. The van der Waals surface area contributed by atoms with Gasteiger partial charge in [-0.3, -0.25) is 9.88 Å². The van der Waals surface area contributed by atoms with E-state index in [1.165, 1.54) is 5.56 Å². The molecule has 3 aliphatic heterocycles. The summed E-state index contributed by atoms with van der Waals surface area (Å²) in [7, 11) is 0. The van der Waals surface area contributed by atoms with Crippen molar-refractivity contribution in [2.75, 3.05) is 44.2 Å². The van der Waals surface area contributed by atoms with Crippen LogP contribution in [0.2, 0.25) is 5.02 Å². The van der Waals surface area contributed by atoms with E-state index in [1.807, 2.05) is 37.3 Å². The summed E-state index contributed by atoms with van der Waals surface area (Å²) in [4.78, 5) is 19.2. The molecule has 0 unspecified atom stereocenters. The number of halogens is 4. The van der Waals surface area contributed by atoms with E-state index in [1.54, 1.807) is 6.07 Å². The number of hydrogen-bond donors (Lipinski definition) is 3. The first-order valence-corrected chi connectivity index (χ1v) is 16.9. The molecule has 2 saturated heterocycles. The van der Waals surface area contributed by atoms with Crippen LogP contribution in [-0.4, -0.2) is 83.7 Å². The van der Waals surface area contributed by atoms with E-state index < -0.39 is 12.1 Å². The minimum atomic E-state index is -5.08. The number of ether oxygens (including phenoxy) is 1. The zero-order valence-corrected chi connectivity index (χ0v) is 28.3. The van der Waals surface area contributed by atoms with Crippen LogP contribution in [0.3, 0.4) is 0 Å². The number of aliphatic hydroxyl groups is 1. The molecule has 1 aromatic heterocycles. The zero-order chi connectivity index (χ0) is 35.3. The molecule has 0 saturated carbocycles. The number of carboxylic acids is 1. The largest absolute Gasteiger partial charge is 0.493 e. The molecule has 0 bridgehead atoms. The molecule has 0 aliphatic carbocycles. The van der Waals surface area contributed by atoms with Crippen molar-refractivity contribution in [3.05, 3.63) is 76.4 Å². The number of hydrogen-bond acceptors (Lipinski definition) is 8. The number of benzene rings is 2. The number of anilines is 1. The van der Waals surface area contributed by atoms with E-state index in [0.29, 0.717) is 29.7 Å². The number of piperidine rings is 1. The fourth-order valence-electron chi connectivity index (χ4n) is 7.56. The Morgan fingerprint density at radius 2 is 1.96 bits per heavy atom. The summed E-state index contributed by atoms with van der Waals surface area (Å²) in [5, 5.41) is 31.3. The first-order valence-electron chi connectivity index (χ1n) is 16.5. The van der Waals surface area contributed by atoms with Crippen LogP contribution in [0.15, 0.2) is 54.6 Å². The van der Waals surface area contributed by atoms with E-state index in [0.717, 1.165) is 80.4 Å². The molecule has 13 heteroatoms. The molecule has 2 fully saturated rings. The first-order chi connectivity index (χ1) is 23.4. The lowest BCUT2D eigenvalue weighted by molar-refractivity contribution is -0.192. The van der Waals surface area contributed by atoms with Crippen molar-refractivity contribution in [2.24, 2.45) is 5.92 Å². The lowest BCUT2D eigenvalue weighted by atomic mass is 9.62. The smallest absolute Gasteiger partial charge is 0.490 e. The van der Waals surface area contributed by atoms with Gasteiger partial charge in [-0.1, -0.05) is 43.1 Å². The highest BCUT2D eigenvalue weighted by molar-refractivity contribution is 6.30. The Morgan fingerprint density at radius 3 is 2.61 bits per heavy atom. The summed E-state index contributed by atoms with van der Waals surface area (Å²) in [6.45, 7) is 9.92. The number of aromatic nitrogens is 1. The zero-order valence-electron chi connectivity index (χ0n) is 27.5. The van der Waals surface area contributed by atoms with Crippen molar-refractivity contribution in [1.29, 1.82) is 5.26 Å². The third-order valence-corrected chi connectivity index (χ3v) is 9.97. The van der Waals surface area contributed by atoms with Crippen LogP contribution in [0.4, 0.5) is 18.9 Å². The van der Waals surface area contributed by atoms with Crippen molar-refractivity contribution in [2.45, 2.75) is 63.4 Å². The molecule has 4 atom stereocenters. The van der Waals surface area contributed by atoms with Crippen LogP contribution >= 0.6 is 11.6 Å². The van der Waals surface area contributed by atoms with E-state index >= 15 is 0 Å². The highest BCUT2D eigenvalue weighted by Crippen LogP contribution is 2.48. The SMILES string of the molecule is CCOc1ccccc1-c1ccc2c(n1)CN(C[C@H]1C[C@H](O)CN1)C[C@]21CCN(c2ccc(Cl)cc2C#N)C[C@H]1CC.O=C(O)C(F)(F)F. The van der Waals surface area contributed by atoms with Gasteiger partial charge in [-0.2, -0.15) is 18.4 Å². The Hall–Kier alpha value is -3.89. The average Bonchev–Trinajstić information content (AvgIpc) is 3.49. The van der Waals surface area contributed by atoms with Gasteiger partial charge in [-0.25, -0.2) is 4.79 Å². The number of carboxylic acid groups (broad SMARTS) is 1. The third-order valence-electron chi connectivity index (χ3n) is 9.74. The summed E-state index contributed by atoms with van der Waals surface area (Å²) >= 11 is 6.23. The minimum Gasteiger partial charge on any atom is -0.493 e. The molecular formula is C36H41ClF3N5O4. The molecule has 9 nitrogen and oxygen atoms in total. The van der Waals surface area contributed by atoms with Crippen molar-refractivity contribution in [3.63, 3.8) is 0 Å². The number of pyridine rings is 1. The molecule has 262 valence electrons. The van der Waals surface area contributed by atoms with Crippen LogP contribution in [0.1, 0.15) is 49.9 Å². The number of rotatable bonds is 7. The van der Waals surface area contributed by atoms with Crippen molar-refractivity contribution >= 4 is 23.3 Å². The second-order valence-electron chi connectivity index (χ2n) is 12.8. The Kier molecular flexibility index (Phi) is 11.4. The van der Waals surface area contributed by atoms with Crippen molar-refractivity contribution in [3.8, 4) is 23.1 Å². The summed E-state index contributed by atoms with van der Waals surface area (Å²) in [6, 6.07) is 20.9. The predicted octanol–water partition coefficient (Wildman–Crippen LogP) is 6.02. The standard InChI is InChI=1S/C34H40ClN5O2.C2HF3O2/c1-3-24-19-40(32-12-9-25(35)15-23(32)17-36)14-13-34(24)22-39(20-26-16-27(41)18-37-26)21-31-29(34)10-11-30(38-31)28-7-5-6-8-33(28)42-4-2;3-2(4,5)1(6)7/h5-12,15,24,26-27,37,41H,3-4,13-14,16,18-22H2,1-2H3;(H,6,7)/t24-,26-,27+,34+;/m1./s1. The highest BCUT2D eigenvalue weighted by Gasteiger charge is 2.49. The topological polar surface area (TPSA) is 122 Å². The highest BCUT2D eigenvalue weighted by atomic mass is 35.5. The molecule has 3 aromatic rings. The lowest BCUT2D eigenvalue weighted by Crippen LogP contribution is -2.58. The monoisotopic (exact) mass is 699 g/mol. The lowest BCUT2D eigenvalue weighted by Gasteiger charge is -2.53. The molecule has 4 heterocycles. The van der Waals surface area contributed by atoms with Crippen molar-refractivity contribution < 1.29 is 32.9 Å². The molecule has 49 heavy (non-hydrogen) atoms. The van der Waals surface area contributed by atoms with E-state index in [4.69, 9.17) is 31.2 Å². The number of aliphatic carboxylic acids is 1. The van der Waals surface area contributed by atoms with E-state index in [9.17, 15) is 23.5 Å². The number of nitrogens with one attached hydrogen (secondary N) is 1. The Balaban J connectivity index is 0.000000606. The van der Waals surface area contributed by atoms with Crippen molar-refractivity contribution in [1.82, 2.24) is 15.2 Å². The maximum absolute atomic E-state index is 10.6. The molecule has 1 spiro atoms. The average molecular weight is 700 g/mol. The second-order valence-corrected chi connectivity index (χ2v) is 13.3. The van der Waals surface area contributed by atoms with Gasteiger partial charge in [0.15, 0.2) is 0 Å². The molecule has 2 aromatic carbocycles. The van der Waals surface area contributed by atoms with Gasteiger partial charge in [-0.15, -0.1) is 0 Å². The molecular weight excluding hydrogens is 659 g/mol. The number of aliphatic hydroxyl groups excluding tert-OH is 1. The van der Waals surface area contributed by atoms with Gasteiger partial charge >= 0.3 is 12.1 Å². The molecule has 3 N–H and O–H groups in total. The predicted molar refractivity (Wildman–Crippen MR) is 181 cm³/mol. The maximum Gasteiger partial charge on any atom is 0.490 e. The van der Waals surface area contributed by atoms with Crippen LogP contribution in [0.25, 0.3) is 11.3 Å². The summed E-state index contributed by atoms with van der Waals surface area (Å²) in [5.41, 5.74) is 5.99. The first kappa shape index (κ1) is 36.4. The van der Waals surface area contributed by atoms with Gasteiger partial charge in [0.1, 0.15) is 11.8 Å². The maximum atomic E-state index is 10.6. The fraction of sp³-hybridized carbons (Fsp3) is 0.472. The minimum absolute atomic E-state index is 0.0553. The Bertz CT molecular complexity index is 1690. The number of fused-ring (bicyclic) bond motifs is 2. The summed E-state index contributed by atoms with van der Waals surface area (Å²) in [6.07, 6.45) is -2.58. The van der Waals surface area contributed by atoms with E-state index in [-0.39, 0.29) is 17.6 Å². The van der Waals surface area contributed by atoms with Gasteiger partial charge in [0.25, 0.3) is 0 Å². The van der Waals surface area contributed by atoms with E-state index in [2.05, 4.69) is 46.3 Å². The van der Waals surface area contributed by atoms with Gasteiger partial charge in [0, 0.05) is 61.3 Å². The number of nitrogens with zero attached hydrogens (tertiary/aromatic N) is 4. The van der Waals surface area contributed by atoms with Gasteiger partial charge in [-0.05, 0) is 67.6 Å². The molecule has 0 amide bonds. The molecule has 0 radical (unpaired) electrons. The summed E-state index contributed by atoms with van der Waals surface area (Å²) in [5.74, 6) is -1.53. The van der Waals surface area contributed by atoms with Gasteiger partial charge in [0.05, 0.1) is 35.3 Å². The Morgan fingerprint density at radius 1 is 1.20 bits per heavy atom. The number of nitriles is 1. The quantitative estimate of drug-likeness (QED) is 0.272. The van der Waals surface area contributed by atoms with Crippen LogP contribution in [-0.2, 0) is 16.8 Å². The summed E-state index contributed by atoms with van der Waals surface area (Å²) < 4.78 is 37.7. The van der Waals surface area contributed by atoms with Crippen LogP contribution in [0, 0.1) is 17.2 Å². The normalized spacial score (nSPS) is 23.7.